The van der Waals surface area contributed by atoms with Crippen molar-refractivity contribution in [2.24, 2.45) is 5.73 Å². The van der Waals surface area contributed by atoms with Gasteiger partial charge >= 0.3 is 0 Å². The van der Waals surface area contributed by atoms with E-state index < -0.39 is 5.91 Å². The maximum absolute atomic E-state index is 10.8. The van der Waals surface area contributed by atoms with Crippen molar-refractivity contribution in [3.63, 3.8) is 0 Å². The maximum Gasteiger partial charge on any atom is 0.279 e. The third-order valence-electron chi connectivity index (χ3n) is 1.87. The van der Waals surface area contributed by atoms with Crippen LogP contribution in [0.5, 0.6) is 0 Å². The summed E-state index contributed by atoms with van der Waals surface area (Å²) < 4.78 is 0. The van der Waals surface area contributed by atoms with Crippen LogP contribution in [0.1, 0.15) is 35.1 Å². The molecule has 0 aliphatic heterocycles. The number of carbonyl (C=O) groups excluding carboxylic acids is 1. The Morgan fingerprint density at radius 1 is 1.64 bits per heavy atom. The van der Waals surface area contributed by atoms with Crippen molar-refractivity contribution in [1.29, 1.82) is 0 Å². The standard InChI is InChI=1S/C9H13N3OS/c1-4-5-9(2,3)8-12-11-7(14-8)6(10)13/h4H,1,5H2,2-3H3,(H2,10,13). The van der Waals surface area contributed by atoms with Gasteiger partial charge in [0.25, 0.3) is 5.91 Å². The Bertz CT molecular complexity index is 357. The summed E-state index contributed by atoms with van der Waals surface area (Å²) in [6, 6.07) is 0. The van der Waals surface area contributed by atoms with Gasteiger partial charge < -0.3 is 5.73 Å². The molecule has 0 aliphatic carbocycles. The largest absolute Gasteiger partial charge is 0.363 e. The molecular weight excluding hydrogens is 198 g/mol. The molecule has 4 nitrogen and oxygen atoms in total. The monoisotopic (exact) mass is 211 g/mol. The molecule has 0 spiro atoms. The van der Waals surface area contributed by atoms with Crippen LogP contribution in [-0.4, -0.2) is 16.1 Å². The minimum absolute atomic E-state index is 0.132. The predicted octanol–water partition coefficient (Wildman–Crippen LogP) is 1.49. The molecule has 0 radical (unpaired) electrons. The van der Waals surface area contributed by atoms with Crippen LogP contribution in [0, 0.1) is 0 Å². The molecule has 1 heterocycles. The number of allylic oxidation sites excluding steroid dienone is 1. The highest BCUT2D eigenvalue weighted by Crippen LogP contribution is 2.29. The molecular formula is C9H13N3OS. The van der Waals surface area contributed by atoms with E-state index in [1.165, 1.54) is 11.3 Å². The quantitative estimate of drug-likeness (QED) is 0.767. The molecule has 0 aliphatic rings. The highest BCUT2D eigenvalue weighted by atomic mass is 32.1. The molecule has 1 aromatic rings. The Kier molecular flexibility index (Phi) is 3.00. The molecule has 2 N–H and O–H groups in total. The summed E-state index contributed by atoms with van der Waals surface area (Å²) in [6.45, 7) is 7.73. The molecule has 0 bridgehead atoms. The minimum Gasteiger partial charge on any atom is -0.363 e. The van der Waals surface area contributed by atoms with Gasteiger partial charge in [0.2, 0.25) is 5.01 Å². The Labute approximate surface area is 86.8 Å². The van der Waals surface area contributed by atoms with Crippen LogP contribution in [0.25, 0.3) is 0 Å². The van der Waals surface area contributed by atoms with Crippen molar-refractivity contribution in [2.75, 3.05) is 0 Å². The van der Waals surface area contributed by atoms with Crippen molar-refractivity contribution in [2.45, 2.75) is 25.7 Å². The first-order valence-electron chi connectivity index (χ1n) is 4.22. The average molecular weight is 211 g/mol. The lowest BCUT2D eigenvalue weighted by molar-refractivity contribution is 0.0999. The van der Waals surface area contributed by atoms with Crippen molar-refractivity contribution < 1.29 is 4.79 Å². The first-order chi connectivity index (χ1) is 6.47. The van der Waals surface area contributed by atoms with Gasteiger partial charge in [-0.05, 0) is 6.42 Å². The van der Waals surface area contributed by atoms with Crippen LogP contribution in [0.2, 0.25) is 0 Å². The number of nitrogens with two attached hydrogens (primary N) is 1. The van der Waals surface area contributed by atoms with Crippen LogP contribution in [0.4, 0.5) is 0 Å². The summed E-state index contributed by atoms with van der Waals surface area (Å²) in [5, 5.41) is 8.74. The molecule has 0 fully saturated rings. The zero-order valence-electron chi connectivity index (χ0n) is 8.28. The van der Waals surface area contributed by atoms with Crippen LogP contribution in [0.3, 0.4) is 0 Å². The fourth-order valence-corrected chi connectivity index (χ4v) is 1.85. The van der Waals surface area contributed by atoms with Crippen molar-refractivity contribution in [3.05, 3.63) is 22.7 Å². The van der Waals surface area contributed by atoms with E-state index in [0.29, 0.717) is 0 Å². The molecule has 0 aromatic carbocycles. The topological polar surface area (TPSA) is 68.9 Å². The summed E-state index contributed by atoms with van der Waals surface area (Å²) in [7, 11) is 0. The molecule has 1 aromatic heterocycles. The van der Waals surface area contributed by atoms with Crippen LogP contribution in [-0.2, 0) is 5.41 Å². The lowest BCUT2D eigenvalue weighted by Gasteiger charge is -2.18. The Hall–Kier alpha value is -1.23. The van der Waals surface area contributed by atoms with E-state index in [2.05, 4.69) is 16.8 Å². The minimum atomic E-state index is -0.525. The second kappa shape index (κ2) is 3.88. The maximum atomic E-state index is 10.8. The van der Waals surface area contributed by atoms with E-state index in [0.717, 1.165) is 11.4 Å². The zero-order chi connectivity index (χ0) is 10.8. The summed E-state index contributed by atoms with van der Waals surface area (Å²) >= 11 is 1.24. The molecule has 1 rings (SSSR count). The molecule has 0 saturated carbocycles. The van der Waals surface area contributed by atoms with E-state index in [1.807, 2.05) is 19.9 Å². The summed E-state index contributed by atoms with van der Waals surface area (Å²) in [4.78, 5) is 10.8. The van der Waals surface area contributed by atoms with Gasteiger partial charge in [-0.2, -0.15) is 0 Å². The zero-order valence-corrected chi connectivity index (χ0v) is 9.10. The Morgan fingerprint density at radius 2 is 2.29 bits per heavy atom. The van der Waals surface area contributed by atoms with Crippen molar-refractivity contribution >= 4 is 17.2 Å². The summed E-state index contributed by atoms with van der Waals surface area (Å²) in [5.41, 5.74) is 4.96. The lowest BCUT2D eigenvalue weighted by Crippen LogP contribution is -2.15. The smallest absolute Gasteiger partial charge is 0.279 e. The summed E-state index contributed by atoms with van der Waals surface area (Å²) in [6.07, 6.45) is 2.62. The molecule has 14 heavy (non-hydrogen) atoms. The third kappa shape index (κ3) is 2.17. The molecule has 0 unspecified atom stereocenters. The summed E-state index contributed by atoms with van der Waals surface area (Å²) in [5.74, 6) is -0.525. The van der Waals surface area contributed by atoms with Gasteiger partial charge in [0, 0.05) is 5.41 Å². The second-order valence-electron chi connectivity index (χ2n) is 3.65. The first-order valence-corrected chi connectivity index (χ1v) is 5.03. The third-order valence-corrected chi connectivity index (χ3v) is 3.17. The number of aromatic nitrogens is 2. The Morgan fingerprint density at radius 3 is 2.71 bits per heavy atom. The van der Waals surface area contributed by atoms with Crippen LogP contribution in [0.15, 0.2) is 12.7 Å². The van der Waals surface area contributed by atoms with E-state index in [1.54, 1.807) is 0 Å². The van der Waals surface area contributed by atoms with Gasteiger partial charge in [0.05, 0.1) is 0 Å². The van der Waals surface area contributed by atoms with Gasteiger partial charge in [-0.3, -0.25) is 4.79 Å². The number of carbonyl (C=O) groups is 1. The highest BCUT2D eigenvalue weighted by Gasteiger charge is 2.24. The number of rotatable bonds is 4. The SMILES string of the molecule is C=CCC(C)(C)c1nnc(C(N)=O)s1. The second-order valence-corrected chi connectivity index (χ2v) is 4.63. The fraction of sp³-hybridized carbons (Fsp3) is 0.444. The van der Waals surface area contributed by atoms with Gasteiger partial charge in [-0.1, -0.05) is 31.3 Å². The van der Waals surface area contributed by atoms with Gasteiger partial charge in [0.15, 0.2) is 0 Å². The molecule has 76 valence electrons. The number of amides is 1. The number of hydrogen-bond acceptors (Lipinski definition) is 4. The Balaban J connectivity index is 2.96. The number of hydrogen-bond donors (Lipinski definition) is 1. The van der Waals surface area contributed by atoms with E-state index in [9.17, 15) is 4.79 Å². The normalized spacial score (nSPS) is 11.3. The van der Waals surface area contributed by atoms with E-state index >= 15 is 0 Å². The van der Waals surface area contributed by atoms with E-state index in [4.69, 9.17) is 5.73 Å². The number of primary amides is 1. The van der Waals surface area contributed by atoms with Crippen LogP contribution >= 0.6 is 11.3 Å². The van der Waals surface area contributed by atoms with Gasteiger partial charge in [-0.25, -0.2) is 0 Å². The molecule has 1 amide bonds. The lowest BCUT2D eigenvalue weighted by atomic mass is 9.90. The molecule has 0 atom stereocenters. The molecule has 5 heteroatoms. The van der Waals surface area contributed by atoms with Crippen molar-refractivity contribution in [1.82, 2.24) is 10.2 Å². The van der Waals surface area contributed by atoms with Crippen LogP contribution < -0.4 is 5.73 Å². The number of nitrogens with zero attached hydrogens (tertiary/aromatic N) is 2. The molecule has 0 saturated heterocycles. The van der Waals surface area contributed by atoms with E-state index in [-0.39, 0.29) is 10.4 Å². The first kappa shape index (κ1) is 10.8. The highest BCUT2D eigenvalue weighted by molar-refractivity contribution is 7.13. The predicted molar refractivity (Wildman–Crippen MR) is 56.3 cm³/mol. The fourth-order valence-electron chi connectivity index (χ4n) is 1.04. The average Bonchev–Trinajstić information content (AvgIpc) is 2.51. The van der Waals surface area contributed by atoms with Gasteiger partial charge in [0.1, 0.15) is 5.01 Å². The van der Waals surface area contributed by atoms with Crippen molar-refractivity contribution in [3.8, 4) is 0 Å². The van der Waals surface area contributed by atoms with Gasteiger partial charge in [-0.15, -0.1) is 16.8 Å².